The summed E-state index contributed by atoms with van der Waals surface area (Å²) in [6.45, 7) is 3.38. The summed E-state index contributed by atoms with van der Waals surface area (Å²) in [6.07, 6.45) is 0. The fourth-order valence-electron chi connectivity index (χ4n) is 2.88. The summed E-state index contributed by atoms with van der Waals surface area (Å²) in [5, 5.41) is 4.98. The molecule has 0 unspecified atom stereocenters. The van der Waals surface area contributed by atoms with E-state index < -0.39 is 0 Å². The largest absolute Gasteiger partial charge is 0.378 e. The van der Waals surface area contributed by atoms with Crippen molar-refractivity contribution in [3.63, 3.8) is 0 Å². The zero-order valence-corrected chi connectivity index (χ0v) is 14.9. The highest BCUT2D eigenvalue weighted by molar-refractivity contribution is 6.31. The average Bonchev–Trinajstić information content (AvgIpc) is 2.62. The first kappa shape index (κ1) is 16.4. The van der Waals surface area contributed by atoms with Gasteiger partial charge in [-0.3, -0.25) is 0 Å². The molecule has 0 bridgehead atoms. The third-order valence-electron chi connectivity index (χ3n) is 4.14. The Morgan fingerprint density at radius 2 is 1.72 bits per heavy atom. The molecule has 7 heteroatoms. The summed E-state index contributed by atoms with van der Waals surface area (Å²) in [6, 6.07) is 13.7. The summed E-state index contributed by atoms with van der Waals surface area (Å²) < 4.78 is 5.39. The van der Waals surface area contributed by atoms with Crippen LogP contribution in [0.5, 0.6) is 0 Å². The molecule has 128 valence electrons. The molecule has 3 aromatic rings. The summed E-state index contributed by atoms with van der Waals surface area (Å²) in [7, 11) is 0. The third-order valence-corrected chi connectivity index (χ3v) is 4.54. The number of fused-ring (bicyclic) bond motifs is 1. The highest BCUT2D eigenvalue weighted by Gasteiger charge is 2.12. The molecule has 0 amide bonds. The number of hydrogen-bond acceptors (Lipinski definition) is 5. The summed E-state index contributed by atoms with van der Waals surface area (Å²) in [5.41, 5.74) is 2.83. The van der Waals surface area contributed by atoms with Gasteiger partial charge in [0, 0.05) is 34.9 Å². The van der Waals surface area contributed by atoms with Crippen LogP contribution in [-0.2, 0) is 4.74 Å². The molecule has 2 aromatic carbocycles. The molecule has 0 aliphatic carbocycles. The van der Waals surface area contributed by atoms with Crippen LogP contribution in [0, 0.1) is 0 Å². The molecular formula is C18H16Cl2N4O. The lowest BCUT2D eigenvalue weighted by Crippen LogP contribution is -2.36. The van der Waals surface area contributed by atoms with Gasteiger partial charge in [-0.05, 0) is 54.1 Å². The molecule has 25 heavy (non-hydrogen) atoms. The maximum Gasteiger partial charge on any atom is 0.224 e. The van der Waals surface area contributed by atoms with Crippen LogP contribution in [0.25, 0.3) is 10.9 Å². The molecule has 1 aromatic heterocycles. The average molecular weight is 375 g/mol. The molecule has 0 saturated carbocycles. The fraction of sp³-hybridized carbons (Fsp3) is 0.222. The molecule has 1 N–H and O–H groups in total. The van der Waals surface area contributed by atoms with Gasteiger partial charge in [0.15, 0.2) is 0 Å². The van der Waals surface area contributed by atoms with Crippen molar-refractivity contribution in [2.75, 3.05) is 36.5 Å². The predicted octanol–water partition coefficient (Wildman–Crippen LogP) is 4.52. The van der Waals surface area contributed by atoms with Crippen LogP contribution in [0.3, 0.4) is 0 Å². The Morgan fingerprint density at radius 3 is 2.48 bits per heavy atom. The van der Waals surface area contributed by atoms with E-state index in [0.717, 1.165) is 37.4 Å². The van der Waals surface area contributed by atoms with Crippen LogP contribution < -0.4 is 10.2 Å². The monoisotopic (exact) mass is 374 g/mol. The van der Waals surface area contributed by atoms with E-state index in [1.165, 1.54) is 5.69 Å². The number of aromatic nitrogens is 2. The lowest BCUT2D eigenvalue weighted by molar-refractivity contribution is 0.122. The summed E-state index contributed by atoms with van der Waals surface area (Å²) in [4.78, 5) is 10.8. The van der Waals surface area contributed by atoms with Crippen molar-refractivity contribution >= 4 is 51.3 Å². The summed E-state index contributed by atoms with van der Waals surface area (Å²) >= 11 is 12.1. The second kappa shape index (κ2) is 7.04. The number of hydrogen-bond donors (Lipinski definition) is 1. The van der Waals surface area contributed by atoms with E-state index in [2.05, 4.69) is 32.3 Å². The lowest BCUT2D eigenvalue weighted by atomic mass is 10.2. The quantitative estimate of drug-likeness (QED) is 0.683. The van der Waals surface area contributed by atoms with Crippen molar-refractivity contribution in [3.05, 3.63) is 52.8 Å². The van der Waals surface area contributed by atoms with Crippen LogP contribution in [0.2, 0.25) is 10.3 Å². The van der Waals surface area contributed by atoms with Crippen molar-refractivity contribution in [1.82, 2.24) is 9.97 Å². The van der Waals surface area contributed by atoms with Gasteiger partial charge in [-0.15, -0.1) is 0 Å². The van der Waals surface area contributed by atoms with Crippen molar-refractivity contribution in [2.24, 2.45) is 0 Å². The molecule has 5 nitrogen and oxygen atoms in total. The predicted molar refractivity (Wildman–Crippen MR) is 102 cm³/mol. The standard InChI is InChI=1S/C18H16Cl2N4O/c19-12-1-6-15-16(11-12)22-18(20)23-17(15)21-13-2-4-14(5-3-13)24-7-9-25-10-8-24/h1-6,11H,7-10H2,(H,21,22,23). The van der Waals surface area contributed by atoms with E-state index in [9.17, 15) is 0 Å². The van der Waals surface area contributed by atoms with Crippen molar-refractivity contribution < 1.29 is 4.74 Å². The van der Waals surface area contributed by atoms with E-state index in [1.54, 1.807) is 6.07 Å². The van der Waals surface area contributed by atoms with Crippen molar-refractivity contribution in [2.45, 2.75) is 0 Å². The molecular weight excluding hydrogens is 359 g/mol. The van der Waals surface area contributed by atoms with Gasteiger partial charge in [-0.2, -0.15) is 4.98 Å². The number of rotatable bonds is 3. The molecule has 1 aliphatic rings. The van der Waals surface area contributed by atoms with Gasteiger partial charge in [0.2, 0.25) is 5.28 Å². The second-order valence-corrected chi connectivity index (χ2v) is 6.55. The molecule has 1 aliphatic heterocycles. The zero-order chi connectivity index (χ0) is 17.2. The van der Waals surface area contributed by atoms with E-state index in [4.69, 9.17) is 27.9 Å². The highest BCUT2D eigenvalue weighted by Crippen LogP contribution is 2.28. The van der Waals surface area contributed by atoms with Crippen LogP contribution >= 0.6 is 23.2 Å². The minimum atomic E-state index is 0.183. The Morgan fingerprint density at radius 1 is 0.960 bits per heavy atom. The number of ether oxygens (including phenoxy) is 1. The van der Waals surface area contributed by atoms with Gasteiger partial charge < -0.3 is 15.0 Å². The minimum Gasteiger partial charge on any atom is -0.378 e. The summed E-state index contributed by atoms with van der Waals surface area (Å²) in [5.74, 6) is 0.658. The fourth-order valence-corrected chi connectivity index (χ4v) is 3.23. The van der Waals surface area contributed by atoms with E-state index in [1.807, 2.05) is 24.3 Å². The number of nitrogens with zero attached hydrogens (tertiary/aromatic N) is 3. The molecule has 0 atom stereocenters. The van der Waals surface area contributed by atoms with Gasteiger partial charge in [0.25, 0.3) is 0 Å². The second-order valence-electron chi connectivity index (χ2n) is 5.77. The SMILES string of the molecule is Clc1ccc2c(Nc3ccc(N4CCOCC4)cc3)nc(Cl)nc2c1. The molecule has 0 spiro atoms. The Hall–Kier alpha value is -2.08. The normalized spacial score (nSPS) is 14.7. The van der Waals surface area contributed by atoms with E-state index in [-0.39, 0.29) is 5.28 Å². The maximum absolute atomic E-state index is 6.05. The van der Waals surface area contributed by atoms with Crippen LogP contribution in [0.4, 0.5) is 17.2 Å². The van der Waals surface area contributed by atoms with E-state index >= 15 is 0 Å². The van der Waals surface area contributed by atoms with Gasteiger partial charge in [0.05, 0.1) is 18.7 Å². The van der Waals surface area contributed by atoms with Crippen LogP contribution in [0.1, 0.15) is 0 Å². The number of anilines is 3. The smallest absolute Gasteiger partial charge is 0.224 e. The van der Waals surface area contributed by atoms with Crippen LogP contribution in [0.15, 0.2) is 42.5 Å². The molecule has 1 fully saturated rings. The number of halogens is 2. The van der Waals surface area contributed by atoms with E-state index in [0.29, 0.717) is 16.4 Å². The van der Waals surface area contributed by atoms with Crippen molar-refractivity contribution in [3.8, 4) is 0 Å². The van der Waals surface area contributed by atoms with Gasteiger partial charge in [0.1, 0.15) is 5.82 Å². The Labute approximate surface area is 155 Å². The molecule has 2 heterocycles. The Kier molecular flexibility index (Phi) is 4.61. The zero-order valence-electron chi connectivity index (χ0n) is 13.4. The van der Waals surface area contributed by atoms with Gasteiger partial charge >= 0.3 is 0 Å². The topological polar surface area (TPSA) is 50.3 Å². The van der Waals surface area contributed by atoms with Crippen LogP contribution in [-0.4, -0.2) is 36.3 Å². The highest BCUT2D eigenvalue weighted by atomic mass is 35.5. The third kappa shape index (κ3) is 3.63. The molecule has 1 saturated heterocycles. The lowest BCUT2D eigenvalue weighted by Gasteiger charge is -2.28. The molecule has 4 rings (SSSR count). The first-order valence-electron chi connectivity index (χ1n) is 8.02. The number of nitrogens with one attached hydrogen (secondary N) is 1. The number of benzene rings is 2. The molecule has 0 radical (unpaired) electrons. The van der Waals surface area contributed by atoms with Gasteiger partial charge in [-0.1, -0.05) is 11.6 Å². The van der Waals surface area contributed by atoms with Crippen molar-refractivity contribution in [1.29, 1.82) is 0 Å². The first-order chi connectivity index (χ1) is 12.2. The minimum absolute atomic E-state index is 0.183. The number of morpholine rings is 1. The van der Waals surface area contributed by atoms with Gasteiger partial charge in [-0.25, -0.2) is 4.98 Å². The first-order valence-corrected chi connectivity index (χ1v) is 8.77. The Bertz CT molecular complexity index is 890. The Balaban J connectivity index is 1.60. The maximum atomic E-state index is 6.05.